The number of dihydropyridines is 1. The van der Waals surface area contributed by atoms with Gasteiger partial charge in [-0.3, -0.25) is 4.79 Å². The van der Waals surface area contributed by atoms with E-state index in [1.807, 2.05) is 6.92 Å². The van der Waals surface area contributed by atoms with Crippen molar-refractivity contribution in [2.24, 2.45) is 5.41 Å². The van der Waals surface area contributed by atoms with Crippen molar-refractivity contribution in [3.63, 3.8) is 0 Å². The van der Waals surface area contributed by atoms with Crippen LogP contribution in [0.5, 0.6) is 0 Å². The quantitative estimate of drug-likeness (QED) is 0.791. The van der Waals surface area contributed by atoms with Crippen LogP contribution < -0.4 is 5.32 Å². The van der Waals surface area contributed by atoms with Gasteiger partial charge >= 0.3 is 5.97 Å². The molecule has 0 saturated heterocycles. The zero-order chi connectivity index (χ0) is 19.1. The lowest BCUT2D eigenvalue weighted by Gasteiger charge is -2.39. The first-order chi connectivity index (χ1) is 12.3. The molecule has 1 aliphatic heterocycles. The number of thiophene rings is 1. The second kappa shape index (κ2) is 7.03. The van der Waals surface area contributed by atoms with E-state index in [0.717, 1.165) is 34.7 Å². The fraction of sp³-hybridized carbons (Fsp3) is 0.524. The highest BCUT2D eigenvalue weighted by atomic mass is 32.1. The standard InChI is InChI=1S/C21H27NO3S/c1-6-13-8-9-16(26-13)19-17(20(24)25-7-2)12(3)22-14-10-21(4,5)11-15(23)18(14)19/h8-9,19,22H,6-7,10-11H2,1-5H3/t19-/m1/s1. The summed E-state index contributed by atoms with van der Waals surface area (Å²) in [6.07, 6.45) is 2.26. The monoisotopic (exact) mass is 373 g/mol. The van der Waals surface area contributed by atoms with Crippen molar-refractivity contribution >= 4 is 23.1 Å². The first-order valence-corrected chi connectivity index (χ1v) is 10.1. The van der Waals surface area contributed by atoms with Gasteiger partial charge in [-0.2, -0.15) is 0 Å². The van der Waals surface area contributed by atoms with Crippen LogP contribution in [0.25, 0.3) is 0 Å². The molecule has 0 fully saturated rings. The zero-order valence-corrected chi connectivity index (χ0v) is 17.0. The Bertz CT molecular complexity index is 813. The molecular formula is C21H27NO3S. The van der Waals surface area contributed by atoms with Crippen molar-refractivity contribution < 1.29 is 14.3 Å². The molecule has 2 aliphatic rings. The number of rotatable bonds is 4. The zero-order valence-electron chi connectivity index (χ0n) is 16.2. The Morgan fingerprint density at radius 3 is 2.65 bits per heavy atom. The fourth-order valence-electron chi connectivity index (χ4n) is 3.94. The van der Waals surface area contributed by atoms with Crippen LogP contribution in [0, 0.1) is 5.41 Å². The molecule has 0 radical (unpaired) electrons. The molecule has 5 heteroatoms. The Balaban J connectivity index is 2.15. The number of carbonyl (C=O) groups excluding carboxylic acids is 2. The SMILES string of the molecule is CCOC(=O)C1=C(C)NC2=C(C(=O)CC(C)(C)C2)[C@@H]1c1ccc(CC)s1. The summed E-state index contributed by atoms with van der Waals surface area (Å²) in [7, 11) is 0. The number of allylic oxidation sites excluding steroid dienone is 3. The van der Waals surface area contributed by atoms with Gasteiger partial charge < -0.3 is 10.1 Å². The van der Waals surface area contributed by atoms with Crippen LogP contribution >= 0.6 is 11.3 Å². The molecule has 4 nitrogen and oxygen atoms in total. The molecule has 0 amide bonds. The van der Waals surface area contributed by atoms with E-state index in [0.29, 0.717) is 18.6 Å². The molecule has 1 aromatic rings. The number of esters is 1. The Hall–Kier alpha value is -1.88. The van der Waals surface area contributed by atoms with Crippen LogP contribution in [0.4, 0.5) is 0 Å². The average Bonchev–Trinajstić information content (AvgIpc) is 3.01. The predicted molar refractivity (Wildman–Crippen MR) is 104 cm³/mol. The van der Waals surface area contributed by atoms with E-state index in [1.54, 1.807) is 18.3 Å². The number of aryl methyl sites for hydroxylation is 1. The maximum Gasteiger partial charge on any atom is 0.336 e. The third-order valence-electron chi connectivity index (χ3n) is 5.05. The summed E-state index contributed by atoms with van der Waals surface area (Å²) in [5.41, 5.74) is 3.02. The Kier molecular flexibility index (Phi) is 5.11. The molecule has 0 bridgehead atoms. The van der Waals surface area contributed by atoms with Gasteiger partial charge in [0.15, 0.2) is 5.78 Å². The lowest BCUT2D eigenvalue weighted by molar-refractivity contribution is -0.138. The predicted octanol–water partition coefficient (Wildman–Crippen LogP) is 4.48. The highest BCUT2D eigenvalue weighted by molar-refractivity contribution is 7.12. The van der Waals surface area contributed by atoms with Gasteiger partial charge in [0.25, 0.3) is 0 Å². The normalized spacial score (nSPS) is 22.2. The first-order valence-electron chi connectivity index (χ1n) is 9.27. The molecule has 1 aliphatic carbocycles. The van der Waals surface area contributed by atoms with Crippen molar-refractivity contribution in [3.05, 3.63) is 44.4 Å². The summed E-state index contributed by atoms with van der Waals surface area (Å²) in [6, 6.07) is 4.15. The minimum Gasteiger partial charge on any atom is -0.463 e. The Morgan fingerprint density at radius 2 is 2.04 bits per heavy atom. The lowest BCUT2D eigenvalue weighted by Crippen LogP contribution is -2.38. The third-order valence-corrected chi connectivity index (χ3v) is 6.34. The summed E-state index contributed by atoms with van der Waals surface area (Å²) in [4.78, 5) is 28.1. The highest BCUT2D eigenvalue weighted by Crippen LogP contribution is 2.48. The van der Waals surface area contributed by atoms with E-state index >= 15 is 0 Å². The van der Waals surface area contributed by atoms with Gasteiger partial charge in [-0.05, 0) is 44.2 Å². The highest BCUT2D eigenvalue weighted by Gasteiger charge is 2.43. The molecule has 0 spiro atoms. The molecular weight excluding hydrogens is 346 g/mol. The number of ketones is 1. The minimum absolute atomic E-state index is 0.0702. The molecule has 2 heterocycles. The molecule has 26 heavy (non-hydrogen) atoms. The first kappa shape index (κ1) is 18.9. The van der Waals surface area contributed by atoms with Crippen LogP contribution in [0.1, 0.15) is 63.1 Å². The van der Waals surface area contributed by atoms with Crippen LogP contribution in [-0.4, -0.2) is 18.4 Å². The summed E-state index contributed by atoms with van der Waals surface area (Å²) < 4.78 is 5.33. The van der Waals surface area contributed by atoms with Crippen molar-refractivity contribution in [1.82, 2.24) is 5.32 Å². The van der Waals surface area contributed by atoms with E-state index in [9.17, 15) is 9.59 Å². The summed E-state index contributed by atoms with van der Waals surface area (Å²) in [5, 5.41) is 3.36. The number of hydrogen-bond donors (Lipinski definition) is 1. The smallest absolute Gasteiger partial charge is 0.336 e. The van der Waals surface area contributed by atoms with E-state index < -0.39 is 0 Å². The van der Waals surface area contributed by atoms with Gasteiger partial charge in [0.2, 0.25) is 0 Å². The number of ether oxygens (including phenoxy) is 1. The van der Waals surface area contributed by atoms with Gasteiger partial charge in [0, 0.05) is 33.1 Å². The second-order valence-corrected chi connectivity index (χ2v) is 9.01. The Labute approximate surface area is 159 Å². The van der Waals surface area contributed by atoms with Crippen LogP contribution in [-0.2, 0) is 20.7 Å². The molecule has 1 atom stereocenters. The van der Waals surface area contributed by atoms with Gasteiger partial charge in [-0.15, -0.1) is 11.3 Å². The molecule has 1 aromatic heterocycles. The van der Waals surface area contributed by atoms with Gasteiger partial charge in [0.1, 0.15) is 0 Å². The fourth-order valence-corrected chi connectivity index (χ4v) is 5.01. The lowest BCUT2D eigenvalue weighted by atomic mass is 9.70. The van der Waals surface area contributed by atoms with Crippen LogP contribution in [0.2, 0.25) is 0 Å². The minimum atomic E-state index is -0.335. The second-order valence-electron chi connectivity index (χ2n) is 7.81. The molecule has 3 rings (SSSR count). The summed E-state index contributed by atoms with van der Waals surface area (Å²) in [6.45, 7) is 10.4. The van der Waals surface area contributed by atoms with Crippen LogP contribution in [0.3, 0.4) is 0 Å². The van der Waals surface area contributed by atoms with Crippen LogP contribution in [0.15, 0.2) is 34.7 Å². The maximum atomic E-state index is 13.1. The van der Waals surface area contributed by atoms with Crippen molar-refractivity contribution in [2.45, 2.75) is 59.8 Å². The summed E-state index contributed by atoms with van der Waals surface area (Å²) >= 11 is 1.68. The summed E-state index contributed by atoms with van der Waals surface area (Å²) in [5.74, 6) is -0.521. The number of nitrogens with one attached hydrogen (secondary N) is 1. The van der Waals surface area contributed by atoms with E-state index in [4.69, 9.17) is 4.74 Å². The number of Topliss-reactive ketones (excluding diaryl/α,β-unsaturated/α-hetero) is 1. The van der Waals surface area contributed by atoms with Crippen molar-refractivity contribution in [3.8, 4) is 0 Å². The van der Waals surface area contributed by atoms with E-state index in [-0.39, 0.29) is 23.1 Å². The van der Waals surface area contributed by atoms with Gasteiger partial charge in [-0.25, -0.2) is 4.79 Å². The molecule has 1 N–H and O–H groups in total. The molecule has 0 aromatic carbocycles. The molecule has 140 valence electrons. The molecule has 0 unspecified atom stereocenters. The van der Waals surface area contributed by atoms with Gasteiger partial charge in [0.05, 0.1) is 18.1 Å². The third kappa shape index (κ3) is 3.37. The average molecular weight is 374 g/mol. The van der Waals surface area contributed by atoms with E-state index in [2.05, 4.69) is 38.2 Å². The number of carbonyl (C=O) groups is 2. The largest absolute Gasteiger partial charge is 0.463 e. The molecule has 0 saturated carbocycles. The maximum absolute atomic E-state index is 13.1. The van der Waals surface area contributed by atoms with Gasteiger partial charge in [-0.1, -0.05) is 20.8 Å². The topological polar surface area (TPSA) is 55.4 Å². The Morgan fingerprint density at radius 1 is 1.31 bits per heavy atom. The van der Waals surface area contributed by atoms with E-state index in [1.165, 1.54) is 4.88 Å². The number of hydrogen-bond acceptors (Lipinski definition) is 5. The van der Waals surface area contributed by atoms with Crippen molar-refractivity contribution in [1.29, 1.82) is 0 Å². The van der Waals surface area contributed by atoms with Crippen molar-refractivity contribution in [2.75, 3.05) is 6.61 Å².